The van der Waals surface area contributed by atoms with E-state index in [2.05, 4.69) is 21.7 Å². The first-order valence-electron chi connectivity index (χ1n) is 7.38. The van der Waals surface area contributed by atoms with Gasteiger partial charge in [-0.2, -0.15) is 0 Å². The number of hydrogen-bond donors (Lipinski definition) is 1. The number of rotatable bonds is 7. The molecule has 0 atom stereocenters. The van der Waals surface area contributed by atoms with Crippen molar-refractivity contribution in [3.8, 4) is 0 Å². The van der Waals surface area contributed by atoms with E-state index >= 15 is 0 Å². The molecule has 1 N–H and O–H groups in total. The summed E-state index contributed by atoms with van der Waals surface area (Å²) in [6.45, 7) is 7.34. The Bertz CT molecular complexity index is 444. The lowest BCUT2D eigenvalue weighted by molar-refractivity contribution is 0.0690. The number of hydrogen-bond acceptors (Lipinski definition) is 4. The number of nitrogens with zero attached hydrogens (tertiary/aromatic N) is 3. The van der Waals surface area contributed by atoms with Gasteiger partial charge in [0.25, 0.3) is 0 Å². The molecule has 0 amide bonds. The Hall–Kier alpha value is -1.62. The van der Waals surface area contributed by atoms with E-state index in [0.29, 0.717) is 0 Å². The number of anilines is 1. The number of carbonyl (C=O) groups is 1. The van der Waals surface area contributed by atoms with Crippen molar-refractivity contribution in [1.29, 1.82) is 0 Å². The van der Waals surface area contributed by atoms with Crippen LogP contribution in [0.25, 0.3) is 0 Å². The lowest BCUT2D eigenvalue weighted by atomic mass is 10.3. The zero-order valence-electron chi connectivity index (χ0n) is 12.1. The Balaban J connectivity index is 2.02. The third-order valence-corrected chi connectivity index (χ3v) is 3.66. The van der Waals surface area contributed by atoms with Gasteiger partial charge in [0.15, 0.2) is 5.69 Å². The highest BCUT2D eigenvalue weighted by molar-refractivity contribution is 5.85. The standard InChI is InChI=1S/C15H23N3O2/c1-2-8-18(12-11-17-9-3-4-10-17)14-7-5-6-13(16-14)15(19)20/h5-7H,2-4,8-12H2,1H3,(H,19,20). The Morgan fingerprint density at radius 1 is 1.35 bits per heavy atom. The van der Waals surface area contributed by atoms with Crippen LogP contribution in [-0.2, 0) is 0 Å². The summed E-state index contributed by atoms with van der Waals surface area (Å²) >= 11 is 0. The van der Waals surface area contributed by atoms with Crippen molar-refractivity contribution in [3.63, 3.8) is 0 Å². The zero-order chi connectivity index (χ0) is 14.4. The average Bonchev–Trinajstić information content (AvgIpc) is 2.97. The highest BCUT2D eigenvalue weighted by Crippen LogP contribution is 2.13. The van der Waals surface area contributed by atoms with Gasteiger partial charge in [0.2, 0.25) is 0 Å². The molecule has 1 aromatic heterocycles. The van der Waals surface area contributed by atoms with Crippen LogP contribution in [-0.4, -0.2) is 53.7 Å². The molecule has 2 heterocycles. The molecule has 1 aliphatic heterocycles. The molecular weight excluding hydrogens is 254 g/mol. The van der Waals surface area contributed by atoms with Crippen LogP contribution < -0.4 is 4.90 Å². The highest BCUT2D eigenvalue weighted by atomic mass is 16.4. The number of likely N-dealkylation sites (tertiary alicyclic amines) is 1. The van der Waals surface area contributed by atoms with Gasteiger partial charge in [-0.1, -0.05) is 13.0 Å². The van der Waals surface area contributed by atoms with Gasteiger partial charge in [0.05, 0.1) is 0 Å². The third-order valence-electron chi connectivity index (χ3n) is 3.66. The predicted octanol–water partition coefficient (Wildman–Crippen LogP) is 2.09. The first kappa shape index (κ1) is 14.8. The molecule has 2 rings (SSSR count). The van der Waals surface area contributed by atoms with Gasteiger partial charge < -0.3 is 14.9 Å². The number of aromatic carboxylic acids is 1. The Labute approximate surface area is 120 Å². The molecule has 5 heteroatoms. The largest absolute Gasteiger partial charge is 0.477 e. The minimum Gasteiger partial charge on any atom is -0.477 e. The van der Waals surface area contributed by atoms with Crippen LogP contribution in [0.2, 0.25) is 0 Å². The van der Waals surface area contributed by atoms with Gasteiger partial charge in [-0.15, -0.1) is 0 Å². The number of carboxylic acid groups (broad SMARTS) is 1. The van der Waals surface area contributed by atoms with Gasteiger partial charge in [-0.25, -0.2) is 9.78 Å². The van der Waals surface area contributed by atoms with Crippen LogP contribution in [0.5, 0.6) is 0 Å². The molecule has 0 radical (unpaired) electrons. The summed E-state index contributed by atoms with van der Waals surface area (Å²) in [5, 5.41) is 9.03. The van der Waals surface area contributed by atoms with Crippen LogP contribution in [0.1, 0.15) is 36.7 Å². The molecule has 0 aliphatic carbocycles. The molecule has 1 aliphatic rings. The minimum atomic E-state index is -0.970. The van der Waals surface area contributed by atoms with Crippen molar-refractivity contribution in [1.82, 2.24) is 9.88 Å². The monoisotopic (exact) mass is 277 g/mol. The molecule has 0 aromatic carbocycles. The first-order chi connectivity index (χ1) is 9.70. The smallest absolute Gasteiger partial charge is 0.354 e. The van der Waals surface area contributed by atoms with Crippen molar-refractivity contribution in [2.75, 3.05) is 37.6 Å². The second-order valence-electron chi connectivity index (χ2n) is 5.22. The van der Waals surface area contributed by atoms with Crippen molar-refractivity contribution in [2.45, 2.75) is 26.2 Å². The van der Waals surface area contributed by atoms with Crippen LogP contribution in [0.3, 0.4) is 0 Å². The van der Waals surface area contributed by atoms with E-state index in [9.17, 15) is 4.79 Å². The average molecular weight is 277 g/mol. The normalized spacial score (nSPS) is 15.4. The number of carboxylic acids is 1. The fourth-order valence-corrected chi connectivity index (χ4v) is 2.60. The van der Waals surface area contributed by atoms with Crippen molar-refractivity contribution >= 4 is 11.8 Å². The topological polar surface area (TPSA) is 56.7 Å². The molecule has 5 nitrogen and oxygen atoms in total. The van der Waals surface area contributed by atoms with Gasteiger partial charge in [-0.05, 0) is 44.5 Å². The minimum absolute atomic E-state index is 0.116. The van der Waals surface area contributed by atoms with E-state index in [1.807, 2.05) is 6.07 Å². The maximum Gasteiger partial charge on any atom is 0.354 e. The Morgan fingerprint density at radius 2 is 2.10 bits per heavy atom. The van der Waals surface area contributed by atoms with Crippen LogP contribution >= 0.6 is 0 Å². The fourth-order valence-electron chi connectivity index (χ4n) is 2.60. The van der Waals surface area contributed by atoms with Crippen LogP contribution in [0, 0.1) is 0 Å². The van der Waals surface area contributed by atoms with Crippen LogP contribution in [0.4, 0.5) is 5.82 Å². The first-order valence-corrected chi connectivity index (χ1v) is 7.38. The van der Waals surface area contributed by atoms with Gasteiger partial charge in [0, 0.05) is 19.6 Å². The van der Waals surface area contributed by atoms with E-state index in [0.717, 1.165) is 31.9 Å². The lowest BCUT2D eigenvalue weighted by Gasteiger charge is -2.26. The van der Waals surface area contributed by atoms with E-state index in [4.69, 9.17) is 5.11 Å². The molecule has 0 unspecified atom stereocenters. The summed E-state index contributed by atoms with van der Waals surface area (Å²) in [7, 11) is 0. The van der Waals surface area contributed by atoms with E-state index in [-0.39, 0.29) is 5.69 Å². The summed E-state index contributed by atoms with van der Waals surface area (Å²) in [4.78, 5) is 19.9. The van der Waals surface area contributed by atoms with Crippen molar-refractivity contribution in [3.05, 3.63) is 23.9 Å². The molecule has 1 aromatic rings. The number of aromatic nitrogens is 1. The van der Waals surface area contributed by atoms with E-state index in [1.54, 1.807) is 6.07 Å². The SMILES string of the molecule is CCCN(CCN1CCCC1)c1cccc(C(=O)O)n1. The highest BCUT2D eigenvalue weighted by Gasteiger charge is 2.15. The van der Waals surface area contributed by atoms with Crippen molar-refractivity contribution in [2.24, 2.45) is 0 Å². The predicted molar refractivity (Wildman–Crippen MR) is 79.4 cm³/mol. The maximum absolute atomic E-state index is 11.0. The van der Waals surface area contributed by atoms with Gasteiger partial charge in [0.1, 0.15) is 5.82 Å². The molecule has 1 saturated heterocycles. The Kier molecular flexibility index (Phi) is 5.35. The quantitative estimate of drug-likeness (QED) is 0.827. The van der Waals surface area contributed by atoms with Crippen LogP contribution in [0.15, 0.2) is 18.2 Å². The zero-order valence-corrected chi connectivity index (χ0v) is 12.1. The maximum atomic E-state index is 11.0. The molecule has 0 spiro atoms. The summed E-state index contributed by atoms with van der Waals surface area (Å²) < 4.78 is 0. The molecule has 20 heavy (non-hydrogen) atoms. The summed E-state index contributed by atoms with van der Waals surface area (Å²) in [5.41, 5.74) is 0.116. The summed E-state index contributed by atoms with van der Waals surface area (Å²) in [6, 6.07) is 5.20. The molecule has 110 valence electrons. The fraction of sp³-hybridized carbons (Fsp3) is 0.600. The Morgan fingerprint density at radius 3 is 2.75 bits per heavy atom. The van der Waals surface area contributed by atoms with E-state index < -0.39 is 5.97 Å². The third kappa shape index (κ3) is 3.93. The molecule has 0 bridgehead atoms. The molecule has 1 fully saturated rings. The van der Waals surface area contributed by atoms with E-state index in [1.165, 1.54) is 32.0 Å². The second-order valence-corrected chi connectivity index (χ2v) is 5.22. The second kappa shape index (κ2) is 7.24. The molecule has 0 saturated carbocycles. The van der Waals surface area contributed by atoms with Gasteiger partial charge in [-0.3, -0.25) is 0 Å². The number of pyridine rings is 1. The lowest BCUT2D eigenvalue weighted by Crippen LogP contribution is -2.35. The molecular formula is C15H23N3O2. The summed E-state index contributed by atoms with van der Waals surface area (Å²) in [5.74, 6) is -0.200. The van der Waals surface area contributed by atoms with Gasteiger partial charge >= 0.3 is 5.97 Å². The summed E-state index contributed by atoms with van der Waals surface area (Å²) in [6.07, 6.45) is 3.61. The van der Waals surface area contributed by atoms with Crippen molar-refractivity contribution < 1.29 is 9.90 Å².